The standard InChI is InChI=1S/C16H29NS/c1-15(7-4-12-18-15)13-17-14-5-10-16(11-6-14)8-2-3-9-16/h14,17H,2-13H2,1H3. The van der Waals surface area contributed by atoms with Crippen molar-refractivity contribution in [1.29, 1.82) is 0 Å². The summed E-state index contributed by atoms with van der Waals surface area (Å²) in [7, 11) is 0. The summed E-state index contributed by atoms with van der Waals surface area (Å²) in [5.41, 5.74) is 0.796. The largest absolute Gasteiger partial charge is 0.313 e. The summed E-state index contributed by atoms with van der Waals surface area (Å²) >= 11 is 2.19. The highest BCUT2D eigenvalue weighted by atomic mass is 32.2. The minimum Gasteiger partial charge on any atom is -0.313 e. The Morgan fingerprint density at radius 2 is 1.72 bits per heavy atom. The third kappa shape index (κ3) is 2.90. The minimum absolute atomic E-state index is 0.544. The molecule has 0 aromatic heterocycles. The van der Waals surface area contributed by atoms with Gasteiger partial charge in [0.15, 0.2) is 0 Å². The topological polar surface area (TPSA) is 12.0 Å². The summed E-state index contributed by atoms with van der Waals surface area (Å²) in [6.45, 7) is 3.70. The van der Waals surface area contributed by atoms with E-state index in [4.69, 9.17) is 0 Å². The van der Waals surface area contributed by atoms with Crippen molar-refractivity contribution in [2.45, 2.75) is 81.9 Å². The maximum atomic E-state index is 3.89. The van der Waals surface area contributed by atoms with Crippen LogP contribution in [-0.4, -0.2) is 23.1 Å². The van der Waals surface area contributed by atoms with Gasteiger partial charge in [0.25, 0.3) is 0 Å². The van der Waals surface area contributed by atoms with Gasteiger partial charge in [-0.15, -0.1) is 0 Å². The molecular formula is C16H29NS. The maximum absolute atomic E-state index is 3.89. The van der Waals surface area contributed by atoms with Crippen LogP contribution in [0.3, 0.4) is 0 Å². The van der Waals surface area contributed by atoms with Crippen LogP contribution in [0.1, 0.15) is 71.1 Å². The Bertz CT molecular complexity index is 267. The van der Waals surface area contributed by atoms with E-state index in [1.165, 1.54) is 76.5 Å². The molecule has 1 aliphatic heterocycles. The Kier molecular flexibility index (Phi) is 3.96. The first kappa shape index (κ1) is 13.3. The smallest absolute Gasteiger partial charge is 0.0256 e. The summed E-state index contributed by atoms with van der Waals surface area (Å²) in [5.74, 6) is 1.38. The second-order valence-corrected chi connectivity index (χ2v) is 8.95. The van der Waals surface area contributed by atoms with Gasteiger partial charge in [0.2, 0.25) is 0 Å². The molecule has 1 nitrogen and oxygen atoms in total. The number of nitrogens with one attached hydrogen (secondary N) is 1. The lowest BCUT2D eigenvalue weighted by atomic mass is 9.71. The van der Waals surface area contributed by atoms with Gasteiger partial charge in [0, 0.05) is 17.3 Å². The molecule has 1 unspecified atom stereocenters. The predicted octanol–water partition coefficient (Wildman–Crippen LogP) is 4.36. The van der Waals surface area contributed by atoms with Gasteiger partial charge in [-0.1, -0.05) is 12.8 Å². The zero-order valence-electron chi connectivity index (χ0n) is 12.0. The van der Waals surface area contributed by atoms with Crippen molar-refractivity contribution in [2.24, 2.45) is 5.41 Å². The van der Waals surface area contributed by atoms with Crippen molar-refractivity contribution in [3.63, 3.8) is 0 Å². The predicted molar refractivity (Wildman–Crippen MR) is 81.3 cm³/mol. The van der Waals surface area contributed by atoms with Gasteiger partial charge >= 0.3 is 0 Å². The van der Waals surface area contributed by atoms with E-state index in [1.807, 2.05) is 0 Å². The first-order valence-corrected chi connectivity index (χ1v) is 9.06. The van der Waals surface area contributed by atoms with E-state index in [2.05, 4.69) is 24.0 Å². The van der Waals surface area contributed by atoms with Gasteiger partial charge in [0.05, 0.1) is 0 Å². The fourth-order valence-corrected chi connectivity index (χ4v) is 5.65. The molecule has 2 heteroatoms. The second kappa shape index (κ2) is 5.36. The molecule has 1 N–H and O–H groups in total. The zero-order chi connectivity index (χ0) is 12.5. The molecule has 1 heterocycles. The molecule has 1 saturated heterocycles. The van der Waals surface area contributed by atoms with Crippen LogP contribution in [0.25, 0.3) is 0 Å². The molecule has 0 aromatic carbocycles. The summed E-state index contributed by atoms with van der Waals surface area (Å²) in [5, 5.41) is 3.89. The van der Waals surface area contributed by atoms with Gasteiger partial charge in [-0.05, 0) is 69.5 Å². The molecule has 0 bridgehead atoms. The number of thioether (sulfide) groups is 1. The van der Waals surface area contributed by atoms with E-state index in [1.54, 1.807) is 0 Å². The van der Waals surface area contributed by atoms with E-state index in [0.29, 0.717) is 4.75 Å². The van der Waals surface area contributed by atoms with Crippen LogP contribution >= 0.6 is 11.8 Å². The van der Waals surface area contributed by atoms with Crippen LogP contribution in [0.2, 0.25) is 0 Å². The summed E-state index contributed by atoms with van der Waals surface area (Å²) < 4.78 is 0.544. The SMILES string of the molecule is CC1(CNC2CCC3(CCCC3)CC2)CCCS1. The molecular weight excluding hydrogens is 238 g/mol. The fourth-order valence-electron chi connectivity index (χ4n) is 4.40. The highest BCUT2D eigenvalue weighted by Crippen LogP contribution is 2.49. The van der Waals surface area contributed by atoms with E-state index in [9.17, 15) is 0 Å². The van der Waals surface area contributed by atoms with Gasteiger partial charge in [-0.3, -0.25) is 0 Å². The Morgan fingerprint density at radius 3 is 2.33 bits per heavy atom. The van der Waals surface area contributed by atoms with Crippen molar-refractivity contribution in [3.05, 3.63) is 0 Å². The molecule has 18 heavy (non-hydrogen) atoms. The van der Waals surface area contributed by atoms with Crippen molar-refractivity contribution >= 4 is 11.8 Å². The highest BCUT2D eigenvalue weighted by molar-refractivity contribution is 8.00. The van der Waals surface area contributed by atoms with E-state index in [-0.39, 0.29) is 0 Å². The third-order valence-electron chi connectivity index (χ3n) is 5.78. The fraction of sp³-hybridized carbons (Fsp3) is 1.00. The zero-order valence-corrected chi connectivity index (χ0v) is 12.8. The van der Waals surface area contributed by atoms with Crippen LogP contribution in [-0.2, 0) is 0 Å². The Balaban J connectivity index is 1.43. The van der Waals surface area contributed by atoms with E-state index in [0.717, 1.165) is 11.5 Å². The normalized spacial score (nSPS) is 36.5. The van der Waals surface area contributed by atoms with Crippen LogP contribution < -0.4 is 5.32 Å². The average molecular weight is 267 g/mol. The molecule has 0 radical (unpaired) electrons. The highest BCUT2D eigenvalue weighted by Gasteiger charge is 2.38. The van der Waals surface area contributed by atoms with Crippen molar-refractivity contribution in [3.8, 4) is 0 Å². The Hall–Kier alpha value is 0.310. The van der Waals surface area contributed by atoms with E-state index < -0.39 is 0 Å². The van der Waals surface area contributed by atoms with Crippen LogP contribution in [0.4, 0.5) is 0 Å². The van der Waals surface area contributed by atoms with Gasteiger partial charge in [-0.2, -0.15) is 11.8 Å². The summed E-state index contributed by atoms with van der Waals surface area (Å²) in [4.78, 5) is 0. The minimum atomic E-state index is 0.544. The third-order valence-corrected chi connectivity index (χ3v) is 7.31. The summed E-state index contributed by atoms with van der Waals surface area (Å²) in [6, 6.07) is 0.828. The monoisotopic (exact) mass is 267 g/mol. The first-order valence-electron chi connectivity index (χ1n) is 8.07. The van der Waals surface area contributed by atoms with Crippen LogP contribution in [0.5, 0.6) is 0 Å². The van der Waals surface area contributed by atoms with Crippen molar-refractivity contribution < 1.29 is 0 Å². The molecule has 0 amide bonds. The van der Waals surface area contributed by atoms with Crippen molar-refractivity contribution in [1.82, 2.24) is 5.32 Å². The molecule has 3 rings (SSSR count). The van der Waals surface area contributed by atoms with Crippen molar-refractivity contribution in [2.75, 3.05) is 12.3 Å². The lowest BCUT2D eigenvalue weighted by Gasteiger charge is -2.38. The molecule has 2 aliphatic carbocycles. The Morgan fingerprint density at radius 1 is 1.00 bits per heavy atom. The summed E-state index contributed by atoms with van der Waals surface area (Å²) in [6.07, 6.45) is 14.8. The number of rotatable bonds is 3. The van der Waals surface area contributed by atoms with Gasteiger partial charge in [-0.25, -0.2) is 0 Å². The quantitative estimate of drug-likeness (QED) is 0.815. The molecule has 1 atom stereocenters. The Labute approximate surface area is 117 Å². The maximum Gasteiger partial charge on any atom is 0.0256 e. The van der Waals surface area contributed by atoms with Crippen LogP contribution in [0.15, 0.2) is 0 Å². The number of hydrogen-bond donors (Lipinski definition) is 1. The van der Waals surface area contributed by atoms with E-state index >= 15 is 0 Å². The lowest BCUT2D eigenvalue weighted by molar-refractivity contribution is 0.167. The van der Waals surface area contributed by atoms with Crippen LogP contribution in [0, 0.1) is 5.41 Å². The molecule has 1 spiro atoms. The molecule has 0 aromatic rings. The second-order valence-electron chi connectivity index (χ2n) is 7.26. The molecule has 3 fully saturated rings. The average Bonchev–Trinajstić information content (AvgIpc) is 3.00. The first-order chi connectivity index (χ1) is 8.70. The number of hydrogen-bond acceptors (Lipinski definition) is 2. The van der Waals surface area contributed by atoms with Gasteiger partial charge < -0.3 is 5.32 Å². The molecule has 104 valence electrons. The lowest BCUT2D eigenvalue weighted by Crippen LogP contribution is -2.42. The molecule has 3 aliphatic rings. The van der Waals surface area contributed by atoms with Gasteiger partial charge in [0.1, 0.15) is 0 Å². The molecule has 2 saturated carbocycles.